The fourth-order valence-corrected chi connectivity index (χ4v) is 2.89. The molecule has 0 amide bonds. The number of aromatic nitrogens is 1. The summed E-state index contributed by atoms with van der Waals surface area (Å²) in [5.41, 5.74) is 2.27. The van der Waals surface area contributed by atoms with E-state index in [-0.39, 0.29) is 0 Å². The van der Waals surface area contributed by atoms with Gasteiger partial charge in [-0.05, 0) is 24.5 Å². The van der Waals surface area contributed by atoms with Crippen molar-refractivity contribution in [2.24, 2.45) is 10.9 Å². The third kappa shape index (κ3) is 3.22. The zero-order valence-electron chi connectivity index (χ0n) is 10.6. The van der Waals surface area contributed by atoms with Crippen LogP contribution in [-0.2, 0) is 6.54 Å². The average Bonchev–Trinajstić information content (AvgIpc) is 2.77. The number of hydrogen-bond donors (Lipinski definition) is 1. The van der Waals surface area contributed by atoms with E-state index in [9.17, 15) is 0 Å². The Morgan fingerprint density at radius 1 is 1.59 bits per heavy atom. The Labute approximate surface area is 107 Å². The standard InChI is InChI=1S/C13H19N3S/c1-9(2)12-8-17-13(16-12)15-7-11-10(3)5-4-6-14-11/h4-6,9,12H,7-8H2,1-3H3,(H,15,16). The third-order valence-corrected chi connectivity index (χ3v) is 4.05. The topological polar surface area (TPSA) is 37.3 Å². The van der Waals surface area contributed by atoms with E-state index < -0.39 is 0 Å². The van der Waals surface area contributed by atoms with Crippen LogP contribution in [0.4, 0.5) is 0 Å². The molecule has 0 aliphatic carbocycles. The zero-order chi connectivity index (χ0) is 12.3. The van der Waals surface area contributed by atoms with Crippen LogP contribution in [0.1, 0.15) is 25.1 Å². The lowest BCUT2D eigenvalue weighted by Gasteiger charge is -2.13. The molecule has 1 N–H and O–H groups in total. The summed E-state index contributed by atoms with van der Waals surface area (Å²) in [6, 6.07) is 4.60. The van der Waals surface area contributed by atoms with Gasteiger partial charge in [-0.1, -0.05) is 31.7 Å². The van der Waals surface area contributed by atoms with Crippen LogP contribution in [0.3, 0.4) is 0 Å². The quantitative estimate of drug-likeness (QED) is 0.894. The highest BCUT2D eigenvalue weighted by atomic mass is 32.2. The van der Waals surface area contributed by atoms with Crippen molar-refractivity contribution < 1.29 is 0 Å². The Kier molecular flexibility index (Phi) is 4.05. The molecule has 17 heavy (non-hydrogen) atoms. The molecule has 0 bridgehead atoms. The molecule has 1 fully saturated rings. The van der Waals surface area contributed by atoms with Gasteiger partial charge in [-0.25, -0.2) is 0 Å². The van der Waals surface area contributed by atoms with Crippen LogP contribution in [0.2, 0.25) is 0 Å². The molecule has 92 valence electrons. The first-order chi connectivity index (χ1) is 8.16. The molecule has 0 radical (unpaired) electrons. The van der Waals surface area contributed by atoms with Gasteiger partial charge in [0, 0.05) is 18.0 Å². The molecule has 0 aromatic carbocycles. The van der Waals surface area contributed by atoms with E-state index in [2.05, 4.69) is 42.1 Å². The summed E-state index contributed by atoms with van der Waals surface area (Å²) in [6.45, 7) is 7.23. The van der Waals surface area contributed by atoms with Crippen molar-refractivity contribution >= 4 is 16.9 Å². The van der Waals surface area contributed by atoms with Crippen molar-refractivity contribution in [1.82, 2.24) is 10.3 Å². The predicted molar refractivity (Wildman–Crippen MR) is 74.3 cm³/mol. The molecular formula is C13H19N3S. The first-order valence-electron chi connectivity index (χ1n) is 6.01. The minimum Gasteiger partial charge on any atom is -0.361 e. The van der Waals surface area contributed by atoms with Crippen LogP contribution >= 0.6 is 11.8 Å². The number of thioether (sulfide) groups is 1. The van der Waals surface area contributed by atoms with Gasteiger partial charge in [0.15, 0.2) is 5.17 Å². The summed E-state index contributed by atoms with van der Waals surface area (Å²) < 4.78 is 0. The van der Waals surface area contributed by atoms with Crippen LogP contribution in [0.5, 0.6) is 0 Å². The average molecular weight is 249 g/mol. The smallest absolute Gasteiger partial charge is 0.157 e. The second kappa shape index (κ2) is 5.54. The third-order valence-electron chi connectivity index (χ3n) is 3.00. The number of aryl methyl sites for hydroxylation is 1. The van der Waals surface area contributed by atoms with E-state index in [0.717, 1.165) is 16.6 Å². The second-order valence-electron chi connectivity index (χ2n) is 4.69. The van der Waals surface area contributed by atoms with Gasteiger partial charge in [0.05, 0.1) is 12.2 Å². The summed E-state index contributed by atoms with van der Waals surface area (Å²) in [6.07, 6.45) is 1.83. The van der Waals surface area contributed by atoms with Gasteiger partial charge >= 0.3 is 0 Å². The largest absolute Gasteiger partial charge is 0.361 e. The Hall–Kier alpha value is -1.03. The number of aliphatic imine (C=N–C) groups is 1. The Morgan fingerprint density at radius 3 is 3.06 bits per heavy atom. The molecule has 2 heterocycles. The van der Waals surface area contributed by atoms with E-state index in [1.54, 1.807) is 0 Å². The van der Waals surface area contributed by atoms with Crippen molar-refractivity contribution in [2.75, 3.05) is 5.75 Å². The number of nitrogens with one attached hydrogen (secondary N) is 1. The molecule has 3 nitrogen and oxygen atoms in total. The highest BCUT2D eigenvalue weighted by Gasteiger charge is 2.22. The van der Waals surface area contributed by atoms with Gasteiger partial charge in [0.1, 0.15) is 0 Å². The molecule has 1 saturated heterocycles. The number of rotatable bonds is 3. The first-order valence-corrected chi connectivity index (χ1v) is 6.99. The Bertz CT molecular complexity index is 415. The van der Waals surface area contributed by atoms with Crippen molar-refractivity contribution in [3.63, 3.8) is 0 Å². The van der Waals surface area contributed by atoms with E-state index in [4.69, 9.17) is 0 Å². The fourth-order valence-electron chi connectivity index (χ4n) is 1.69. The molecule has 1 unspecified atom stereocenters. The monoisotopic (exact) mass is 249 g/mol. The number of amidine groups is 1. The molecular weight excluding hydrogens is 230 g/mol. The summed E-state index contributed by atoms with van der Waals surface area (Å²) in [4.78, 5) is 8.94. The normalized spacial score (nSPS) is 22.1. The summed E-state index contributed by atoms with van der Waals surface area (Å²) in [7, 11) is 0. The van der Waals surface area contributed by atoms with E-state index in [1.165, 1.54) is 5.56 Å². The van der Waals surface area contributed by atoms with E-state index in [0.29, 0.717) is 18.5 Å². The van der Waals surface area contributed by atoms with Gasteiger partial charge in [0.25, 0.3) is 0 Å². The van der Waals surface area contributed by atoms with Crippen LogP contribution in [0, 0.1) is 12.8 Å². The summed E-state index contributed by atoms with van der Waals surface area (Å²) in [5.74, 6) is 1.78. The van der Waals surface area contributed by atoms with Crippen molar-refractivity contribution in [2.45, 2.75) is 33.4 Å². The van der Waals surface area contributed by atoms with Crippen molar-refractivity contribution in [1.29, 1.82) is 0 Å². The highest BCUT2D eigenvalue weighted by molar-refractivity contribution is 8.14. The van der Waals surface area contributed by atoms with Gasteiger partial charge in [0.2, 0.25) is 0 Å². The van der Waals surface area contributed by atoms with Crippen LogP contribution in [0.25, 0.3) is 0 Å². The summed E-state index contributed by atoms with van der Waals surface area (Å²) >= 11 is 1.82. The number of nitrogens with zero attached hydrogens (tertiary/aromatic N) is 2. The van der Waals surface area contributed by atoms with Gasteiger partial charge in [-0.2, -0.15) is 0 Å². The lowest BCUT2D eigenvalue weighted by molar-refractivity contribution is 0.503. The molecule has 1 aliphatic rings. The summed E-state index contributed by atoms with van der Waals surface area (Å²) in [5, 5.41) is 4.53. The lowest BCUT2D eigenvalue weighted by atomic mass is 10.1. The Morgan fingerprint density at radius 2 is 2.41 bits per heavy atom. The maximum Gasteiger partial charge on any atom is 0.157 e. The highest BCUT2D eigenvalue weighted by Crippen LogP contribution is 2.19. The first kappa shape index (κ1) is 12.4. The van der Waals surface area contributed by atoms with Gasteiger partial charge in [-0.15, -0.1) is 0 Å². The molecule has 0 saturated carbocycles. The van der Waals surface area contributed by atoms with Crippen LogP contribution in [-0.4, -0.2) is 21.9 Å². The fraction of sp³-hybridized carbons (Fsp3) is 0.538. The molecule has 4 heteroatoms. The molecule has 2 rings (SSSR count). The predicted octanol–water partition coefficient (Wildman–Crippen LogP) is 2.61. The van der Waals surface area contributed by atoms with Crippen molar-refractivity contribution in [3.8, 4) is 0 Å². The SMILES string of the molecule is Cc1cccnc1CN=C1NC(C(C)C)CS1. The molecule has 1 aromatic heterocycles. The molecule has 1 aromatic rings. The van der Waals surface area contributed by atoms with Gasteiger partial charge < -0.3 is 5.32 Å². The maximum atomic E-state index is 4.59. The van der Waals surface area contributed by atoms with Crippen LogP contribution in [0.15, 0.2) is 23.3 Å². The second-order valence-corrected chi connectivity index (χ2v) is 5.70. The molecule has 1 atom stereocenters. The minimum atomic E-state index is 0.559. The zero-order valence-corrected chi connectivity index (χ0v) is 11.4. The van der Waals surface area contributed by atoms with E-state index in [1.807, 2.05) is 24.0 Å². The maximum absolute atomic E-state index is 4.59. The number of pyridine rings is 1. The molecule has 0 spiro atoms. The lowest BCUT2D eigenvalue weighted by Crippen LogP contribution is -2.31. The Balaban J connectivity index is 1.96. The minimum absolute atomic E-state index is 0.559. The number of hydrogen-bond acceptors (Lipinski definition) is 3. The van der Waals surface area contributed by atoms with Gasteiger partial charge in [-0.3, -0.25) is 9.98 Å². The molecule has 1 aliphatic heterocycles. The van der Waals surface area contributed by atoms with E-state index >= 15 is 0 Å². The van der Waals surface area contributed by atoms with Crippen LogP contribution < -0.4 is 5.32 Å². The van der Waals surface area contributed by atoms with Crippen molar-refractivity contribution in [3.05, 3.63) is 29.6 Å².